The second kappa shape index (κ2) is 10.8. The summed E-state index contributed by atoms with van der Waals surface area (Å²) in [6.07, 6.45) is 1.32. The molecule has 160 valence electrons. The third kappa shape index (κ3) is 6.46. The van der Waals surface area contributed by atoms with E-state index >= 15 is 0 Å². The molecule has 0 bridgehead atoms. The molecule has 3 aromatic rings. The van der Waals surface area contributed by atoms with Crippen LogP contribution in [0, 0.1) is 13.8 Å². The molecular weight excluding hydrogens is 404 g/mol. The number of amides is 2. The van der Waals surface area contributed by atoms with Crippen LogP contribution in [0.4, 0.5) is 11.4 Å². The maximum Gasteiger partial charge on any atom is 0.242 e. The summed E-state index contributed by atoms with van der Waals surface area (Å²) in [5, 5.41) is 5.58. The molecule has 0 saturated carbocycles. The van der Waals surface area contributed by atoms with Gasteiger partial charge in [-0.05, 0) is 61.7 Å². The first-order chi connectivity index (χ1) is 15.0. The number of benzene rings is 3. The zero-order valence-electron chi connectivity index (χ0n) is 18.1. The molecule has 0 saturated heterocycles. The maximum atomic E-state index is 13.2. The number of aryl methyl sites for hydroxylation is 2. The summed E-state index contributed by atoms with van der Waals surface area (Å²) in [4.78, 5) is 26.0. The Hall–Kier alpha value is -3.05. The van der Waals surface area contributed by atoms with Crippen LogP contribution in [0.5, 0.6) is 0 Å². The first-order valence-electron chi connectivity index (χ1n) is 10.5. The third-order valence-electron chi connectivity index (χ3n) is 4.85. The summed E-state index contributed by atoms with van der Waals surface area (Å²) in [5.41, 5.74) is 4.73. The smallest absolute Gasteiger partial charge is 0.242 e. The minimum Gasteiger partial charge on any atom is -0.326 e. The number of nitrogens with one attached hydrogen (secondary N) is 2. The van der Waals surface area contributed by atoms with Crippen LogP contribution in [0.3, 0.4) is 0 Å². The number of hydrogen-bond acceptors (Lipinski definition) is 3. The Morgan fingerprint density at radius 3 is 2.26 bits per heavy atom. The van der Waals surface area contributed by atoms with Crippen LogP contribution < -0.4 is 10.6 Å². The van der Waals surface area contributed by atoms with Gasteiger partial charge in [-0.3, -0.25) is 9.59 Å². The number of anilines is 2. The van der Waals surface area contributed by atoms with Gasteiger partial charge in [-0.15, -0.1) is 11.8 Å². The van der Waals surface area contributed by atoms with E-state index < -0.39 is 5.25 Å². The van der Waals surface area contributed by atoms with Gasteiger partial charge in [0.15, 0.2) is 0 Å². The second-order valence-corrected chi connectivity index (χ2v) is 8.72. The van der Waals surface area contributed by atoms with Gasteiger partial charge in [-0.25, -0.2) is 0 Å². The highest BCUT2D eigenvalue weighted by Gasteiger charge is 2.22. The van der Waals surface area contributed by atoms with Gasteiger partial charge in [-0.1, -0.05) is 55.0 Å². The minimum absolute atomic E-state index is 0.0120. The van der Waals surface area contributed by atoms with E-state index in [2.05, 4.69) is 16.7 Å². The van der Waals surface area contributed by atoms with Crippen molar-refractivity contribution in [2.45, 2.75) is 43.8 Å². The summed E-state index contributed by atoms with van der Waals surface area (Å²) in [5.74, 6) is -0.0543. The molecule has 3 aromatic carbocycles. The molecular formula is C26H28N2O2S. The number of carbonyl (C=O) groups excluding carboxylic acids is 2. The lowest BCUT2D eigenvalue weighted by Crippen LogP contribution is -2.19. The van der Waals surface area contributed by atoms with Crippen molar-refractivity contribution in [1.82, 2.24) is 0 Å². The summed E-state index contributed by atoms with van der Waals surface area (Å²) in [6.45, 7) is 6.01. The normalized spacial score (nSPS) is 11.6. The highest BCUT2D eigenvalue weighted by Crippen LogP contribution is 2.37. The number of thioether (sulfide) groups is 1. The van der Waals surface area contributed by atoms with Crippen LogP contribution >= 0.6 is 11.8 Å². The van der Waals surface area contributed by atoms with Gasteiger partial charge >= 0.3 is 0 Å². The minimum atomic E-state index is -0.401. The van der Waals surface area contributed by atoms with Crippen LogP contribution in [-0.2, 0) is 9.59 Å². The van der Waals surface area contributed by atoms with Crippen molar-refractivity contribution >= 4 is 35.0 Å². The van der Waals surface area contributed by atoms with Crippen molar-refractivity contribution in [1.29, 1.82) is 0 Å². The Morgan fingerprint density at radius 1 is 0.903 bits per heavy atom. The molecule has 3 rings (SSSR count). The largest absolute Gasteiger partial charge is 0.326 e. The fourth-order valence-electron chi connectivity index (χ4n) is 3.26. The van der Waals surface area contributed by atoms with Gasteiger partial charge in [0.2, 0.25) is 11.8 Å². The Morgan fingerprint density at radius 2 is 1.61 bits per heavy atom. The molecule has 4 nitrogen and oxygen atoms in total. The summed E-state index contributed by atoms with van der Waals surface area (Å²) >= 11 is 1.49. The average molecular weight is 433 g/mol. The SMILES string of the molecule is CCCC(=O)Nc1ccc(SC(C(=O)Nc2ccc(C)cc2C)c2ccccc2)cc1. The molecule has 0 aromatic heterocycles. The molecule has 31 heavy (non-hydrogen) atoms. The Labute approximate surface area is 188 Å². The van der Waals surface area contributed by atoms with Crippen LogP contribution in [-0.4, -0.2) is 11.8 Å². The van der Waals surface area contributed by atoms with E-state index in [0.717, 1.165) is 39.4 Å². The third-order valence-corrected chi connectivity index (χ3v) is 6.12. The molecule has 2 amide bonds. The van der Waals surface area contributed by atoms with Gasteiger partial charge in [-0.2, -0.15) is 0 Å². The highest BCUT2D eigenvalue weighted by molar-refractivity contribution is 8.00. The zero-order valence-corrected chi connectivity index (χ0v) is 19.0. The summed E-state index contributed by atoms with van der Waals surface area (Å²) < 4.78 is 0. The molecule has 5 heteroatoms. The van der Waals surface area contributed by atoms with Crippen LogP contribution in [0.25, 0.3) is 0 Å². The van der Waals surface area contributed by atoms with E-state index in [-0.39, 0.29) is 11.8 Å². The fraction of sp³-hybridized carbons (Fsp3) is 0.231. The predicted molar refractivity (Wildman–Crippen MR) is 130 cm³/mol. The number of hydrogen-bond donors (Lipinski definition) is 2. The van der Waals surface area contributed by atoms with Gasteiger partial charge in [0.05, 0.1) is 0 Å². The monoisotopic (exact) mass is 432 g/mol. The summed E-state index contributed by atoms with van der Waals surface area (Å²) in [7, 11) is 0. The van der Waals surface area contributed by atoms with Crippen LogP contribution in [0.15, 0.2) is 77.7 Å². The van der Waals surface area contributed by atoms with Crippen LogP contribution in [0.1, 0.15) is 41.7 Å². The Balaban J connectivity index is 1.78. The Kier molecular flexibility index (Phi) is 7.90. The van der Waals surface area contributed by atoms with Gasteiger partial charge in [0.1, 0.15) is 5.25 Å². The van der Waals surface area contributed by atoms with E-state index in [0.29, 0.717) is 6.42 Å². The topological polar surface area (TPSA) is 58.2 Å². The molecule has 1 unspecified atom stereocenters. The zero-order chi connectivity index (χ0) is 22.2. The molecule has 0 aliphatic carbocycles. The van der Waals surface area contributed by atoms with Crippen molar-refractivity contribution in [2.24, 2.45) is 0 Å². The van der Waals surface area contributed by atoms with Gasteiger partial charge < -0.3 is 10.6 Å². The molecule has 0 aliphatic heterocycles. The van der Waals surface area contributed by atoms with E-state index in [1.54, 1.807) is 0 Å². The fourth-order valence-corrected chi connectivity index (χ4v) is 4.28. The van der Waals surface area contributed by atoms with Crippen molar-refractivity contribution in [3.05, 3.63) is 89.5 Å². The van der Waals surface area contributed by atoms with E-state index in [9.17, 15) is 9.59 Å². The van der Waals surface area contributed by atoms with Crippen molar-refractivity contribution in [2.75, 3.05) is 10.6 Å². The van der Waals surface area contributed by atoms with Crippen molar-refractivity contribution in [3.63, 3.8) is 0 Å². The van der Waals surface area contributed by atoms with Crippen molar-refractivity contribution in [3.8, 4) is 0 Å². The van der Waals surface area contributed by atoms with Gasteiger partial charge in [0, 0.05) is 22.7 Å². The molecule has 0 spiro atoms. The molecule has 0 aliphatic rings. The molecule has 0 radical (unpaired) electrons. The quantitative estimate of drug-likeness (QED) is 0.399. The highest BCUT2D eigenvalue weighted by atomic mass is 32.2. The lowest BCUT2D eigenvalue weighted by Gasteiger charge is -2.18. The van der Waals surface area contributed by atoms with E-state index in [4.69, 9.17) is 0 Å². The van der Waals surface area contributed by atoms with Crippen LogP contribution in [0.2, 0.25) is 0 Å². The maximum absolute atomic E-state index is 13.2. The molecule has 0 fully saturated rings. The number of rotatable bonds is 8. The summed E-state index contributed by atoms with van der Waals surface area (Å²) in [6, 6.07) is 23.4. The first-order valence-corrected chi connectivity index (χ1v) is 11.3. The Bertz CT molecular complexity index is 1030. The second-order valence-electron chi connectivity index (χ2n) is 7.54. The van der Waals surface area contributed by atoms with E-state index in [1.807, 2.05) is 87.5 Å². The van der Waals surface area contributed by atoms with Gasteiger partial charge in [0.25, 0.3) is 0 Å². The van der Waals surface area contributed by atoms with Crippen molar-refractivity contribution < 1.29 is 9.59 Å². The lowest BCUT2D eigenvalue weighted by molar-refractivity contribution is -0.116. The molecule has 0 heterocycles. The predicted octanol–water partition coefficient (Wildman–Crippen LogP) is 6.51. The lowest BCUT2D eigenvalue weighted by atomic mass is 10.1. The number of carbonyl (C=O) groups is 2. The first kappa shape index (κ1) is 22.6. The molecule has 2 N–H and O–H groups in total. The standard InChI is InChI=1S/C26H28N2O2S/c1-4-8-24(29)27-21-12-14-22(15-13-21)31-25(20-9-6-5-7-10-20)26(30)28-23-16-11-18(2)17-19(23)3/h5-7,9-17,25H,4,8H2,1-3H3,(H,27,29)(H,28,30). The van der Waals surface area contributed by atoms with E-state index in [1.165, 1.54) is 11.8 Å². The molecule has 1 atom stereocenters. The average Bonchev–Trinajstić information content (AvgIpc) is 2.76.